The molecule has 114 valence electrons. The van der Waals surface area contributed by atoms with Crippen molar-refractivity contribution in [3.8, 4) is 0 Å². The van der Waals surface area contributed by atoms with Crippen LogP contribution in [-0.4, -0.2) is 10.9 Å². The average molecular weight is 304 g/mol. The summed E-state index contributed by atoms with van der Waals surface area (Å²) < 4.78 is 0. The van der Waals surface area contributed by atoms with Crippen LogP contribution in [0.25, 0.3) is 0 Å². The zero-order chi connectivity index (χ0) is 16.2. The van der Waals surface area contributed by atoms with Crippen LogP contribution in [0.2, 0.25) is 0 Å². The molecule has 0 spiro atoms. The second-order valence-corrected chi connectivity index (χ2v) is 5.03. The Balaban J connectivity index is 2.08. The molecule has 5 nitrogen and oxygen atoms in total. The second-order valence-electron chi connectivity index (χ2n) is 5.03. The van der Waals surface area contributed by atoms with Gasteiger partial charge in [-0.15, -0.1) is 0 Å². The average Bonchev–Trinajstić information content (AvgIpc) is 2.58. The van der Waals surface area contributed by atoms with Crippen LogP contribution in [0.1, 0.15) is 10.4 Å². The molecule has 0 radical (unpaired) electrons. The van der Waals surface area contributed by atoms with Gasteiger partial charge >= 0.3 is 0 Å². The van der Waals surface area contributed by atoms with E-state index in [4.69, 9.17) is 11.5 Å². The normalized spacial score (nSPS) is 10.3. The summed E-state index contributed by atoms with van der Waals surface area (Å²) in [5.41, 5.74) is 14.0. The Morgan fingerprint density at radius 1 is 0.870 bits per heavy atom. The molecule has 3 rings (SSSR count). The van der Waals surface area contributed by atoms with Crippen molar-refractivity contribution in [2.24, 2.45) is 5.73 Å². The molecule has 0 saturated heterocycles. The maximum atomic E-state index is 11.2. The second kappa shape index (κ2) is 6.19. The van der Waals surface area contributed by atoms with Crippen molar-refractivity contribution in [1.82, 2.24) is 4.98 Å². The molecule has 5 heteroatoms. The van der Waals surface area contributed by atoms with Crippen LogP contribution in [0, 0.1) is 0 Å². The molecule has 1 aromatic heterocycles. The van der Waals surface area contributed by atoms with Gasteiger partial charge in [-0.3, -0.25) is 9.69 Å². The monoisotopic (exact) mass is 304 g/mol. The number of anilines is 4. The van der Waals surface area contributed by atoms with E-state index in [2.05, 4.69) is 4.98 Å². The third-order valence-corrected chi connectivity index (χ3v) is 3.44. The summed E-state index contributed by atoms with van der Waals surface area (Å²) >= 11 is 0. The summed E-state index contributed by atoms with van der Waals surface area (Å²) in [5, 5.41) is 0. The van der Waals surface area contributed by atoms with Gasteiger partial charge in [0.1, 0.15) is 5.82 Å². The predicted molar refractivity (Wildman–Crippen MR) is 91.9 cm³/mol. The Morgan fingerprint density at radius 2 is 1.48 bits per heavy atom. The zero-order valence-corrected chi connectivity index (χ0v) is 12.4. The molecule has 0 aliphatic heterocycles. The van der Waals surface area contributed by atoms with E-state index in [1.807, 2.05) is 59.5 Å². The molecule has 0 saturated carbocycles. The van der Waals surface area contributed by atoms with E-state index in [1.54, 1.807) is 18.3 Å². The minimum atomic E-state index is -0.451. The molecule has 0 bridgehead atoms. The predicted octanol–water partition coefficient (Wildman–Crippen LogP) is 3.23. The SMILES string of the molecule is NC(=O)c1ccc(N(c2ccc(N)cc2)c2ccccn2)cc1. The van der Waals surface area contributed by atoms with Crippen LogP contribution in [0.5, 0.6) is 0 Å². The van der Waals surface area contributed by atoms with Crippen LogP contribution in [0.4, 0.5) is 22.9 Å². The van der Waals surface area contributed by atoms with Crippen LogP contribution >= 0.6 is 0 Å². The summed E-state index contributed by atoms with van der Waals surface area (Å²) in [7, 11) is 0. The Hall–Kier alpha value is -3.34. The van der Waals surface area contributed by atoms with Gasteiger partial charge in [-0.05, 0) is 60.7 Å². The smallest absolute Gasteiger partial charge is 0.248 e. The topological polar surface area (TPSA) is 85.2 Å². The molecule has 0 fully saturated rings. The number of hydrogen-bond acceptors (Lipinski definition) is 4. The first kappa shape index (κ1) is 14.6. The largest absolute Gasteiger partial charge is 0.399 e. The van der Waals surface area contributed by atoms with Gasteiger partial charge in [-0.2, -0.15) is 0 Å². The van der Waals surface area contributed by atoms with Crippen molar-refractivity contribution in [2.75, 3.05) is 10.6 Å². The van der Waals surface area contributed by atoms with Gasteiger partial charge < -0.3 is 11.5 Å². The third-order valence-electron chi connectivity index (χ3n) is 3.44. The molecular formula is C18H16N4O. The van der Waals surface area contributed by atoms with Crippen LogP contribution in [-0.2, 0) is 0 Å². The fraction of sp³-hybridized carbons (Fsp3) is 0. The molecule has 1 heterocycles. The van der Waals surface area contributed by atoms with Crippen molar-refractivity contribution >= 4 is 28.8 Å². The van der Waals surface area contributed by atoms with Crippen LogP contribution < -0.4 is 16.4 Å². The number of pyridine rings is 1. The Kier molecular flexibility index (Phi) is 3.93. The van der Waals surface area contributed by atoms with Gasteiger partial charge in [0.15, 0.2) is 0 Å². The molecule has 0 atom stereocenters. The molecule has 0 aliphatic rings. The number of nitrogens with zero attached hydrogens (tertiary/aromatic N) is 2. The maximum absolute atomic E-state index is 11.2. The highest BCUT2D eigenvalue weighted by Crippen LogP contribution is 2.33. The lowest BCUT2D eigenvalue weighted by molar-refractivity contribution is 0.100. The Labute approximate surface area is 134 Å². The van der Waals surface area contributed by atoms with E-state index in [9.17, 15) is 4.79 Å². The Bertz CT molecular complexity index is 799. The van der Waals surface area contributed by atoms with Gasteiger partial charge in [0.2, 0.25) is 5.91 Å². The summed E-state index contributed by atoms with van der Waals surface area (Å²) in [6, 6.07) is 20.3. The van der Waals surface area contributed by atoms with E-state index in [0.717, 1.165) is 17.2 Å². The first-order valence-electron chi connectivity index (χ1n) is 7.12. The molecular weight excluding hydrogens is 288 g/mol. The number of nitrogens with two attached hydrogens (primary N) is 2. The minimum Gasteiger partial charge on any atom is -0.399 e. The number of amides is 1. The summed E-state index contributed by atoms with van der Waals surface area (Å²) in [5.74, 6) is 0.317. The van der Waals surface area contributed by atoms with Gasteiger partial charge in [-0.25, -0.2) is 4.98 Å². The third kappa shape index (κ3) is 3.13. The standard InChI is InChI=1S/C18H16N4O/c19-14-6-10-16(11-7-14)22(17-3-1-2-12-21-17)15-8-4-13(5-9-15)18(20)23/h1-12H,19H2,(H2,20,23). The summed E-state index contributed by atoms with van der Waals surface area (Å²) in [4.78, 5) is 17.6. The van der Waals surface area contributed by atoms with Gasteiger partial charge in [-0.1, -0.05) is 6.07 Å². The van der Waals surface area contributed by atoms with E-state index >= 15 is 0 Å². The van der Waals surface area contributed by atoms with Crippen molar-refractivity contribution in [1.29, 1.82) is 0 Å². The minimum absolute atomic E-state index is 0.451. The molecule has 0 unspecified atom stereocenters. The number of primary amides is 1. The first-order chi connectivity index (χ1) is 11.1. The summed E-state index contributed by atoms with van der Waals surface area (Å²) in [6.07, 6.45) is 1.73. The molecule has 1 amide bonds. The number of carbonyl (C=O) groups is 1. The molecule has 2 aromatic carbocycles. The number of carbonyl (C=O) groups excluding carboxylic acids is 1. The number of benzene rings is 2. The zero-order valence-electron chi connectivity index (χ0n) is 12.4. The van der Waals surface area contributed by atoms with Gasteiger partial charge in [0.05, 0.1) is 0 Å². The molecule has 4 N–H and O–H groups in total. The van der Waals surface area contributed by atoms with Crippen molar-refractivity contribution < 1.29 is 4.79 Å². The number of hydrogen-bond donors (Lipinski definition) is 2. The van der Waals surface area contributed by atoms with E-state index in [0.29, 0.717) is 11.3 Å². The number of aromatic nitrogens is 1. The lowest BCUT2D eigenvalue weighted by atomic mass is 10.1. The van der Waals surface area contributed by atoms with E-state index in [-0.39, 0.29) is 0 Å². The first-order valence-corrected chi connectivity index (χ1v) is 7.12. The lowest BCUT2D eigenvalue weighted by Crippen LogP contribution is -2.13. The highest BCUT2D eigenvalue weighted by Gasteiger charge is 2.13. The van der Waals surface area contributed by atoms with E-state index < -0.39 is 5.91 Å². The van der Waals surface area contributed by atoms with Crippen molar-refractivity contribution in [2.45, 2.75) is 0 Å². The summed E-state index contributed by atoms with van der Waals surface area (Å²) in [6.45, 7) is 0. The quantitative estimate of drug-likeness (QED) is 0.725. The van der Waals surface area contributed by atoms with E-state index in [1.165, 1.54) is 0 Å². The molecule has 3 aromatic rings. The molecule has 0 aliphatic carbocycles. The van der Waals surface area contributed by atoms with Crippen LogP contribution in [0.3, 0.4) is 0 Å². The number of rotatable bonds is 4. The fourth-order valence-corrected chi connectivity index (χ4v) is 2.30. The van der Waals surface area contributed by atoms with Crippen molar-refractivity contribution in [3.05, 3.63) is 78.5 Å². The molecule has 23 heavy (non-hydrogen) atoms. The number of nitrogen functional groups attached to an aromatic ring is 1. The highest BCUT2D eigenvalue weighted by atomic mass is 16.1. The van der Waals surface area contributed by atoms with Crippen molar-refractivity contribution in [3.63, 3.8) is 0 Å². The Morgan fingerprint density at radius 3 is 2.00 bits per heavy atom. The highest BCUT2D eigenvalue weighted by molar-refractivity contribution is 5.93. The fourth-order valence-electron chi connectivity index (χ4n) is 2.30. The van der Waals surface area contributed by atoms with Crippen LogP contribution in [0.15, 0.2) is 72.9 Å². The van der Waals surface area contributed by atoms with Gasteiger partial charge in [0.25, 0.3) is 0 Å². The maximum Gasteiger partial charge on any atom is 0.248 e. The lowest BCUT2D eigenvalue weighted by Gasteiger charge is -2.24. The van der Waals surface area contributed by atoms with Gasteiger partial charge in [0, 0.05) is 28.8 Å².